The van der Waals surface area contributed by atoms with E-state index in [2.05, 4.69) is 10.6 Å². The average molecular weight is 376 g/mol. The highest BCUT2D eigenvalue weighted by Crippen LogP contribution is 2.33. The van der Waals surface area contributed by atoms with Gasteiger partial charge in [0, 0.05) is 13.0 Å². The highest BCUT2D eigenvalue weighted by atomic mass is 16.5. The van der Waals surface area contributed by atoms with Crippen LogP contribution >= 0.6 is 0 Å². The van der Waals surface area contributed by atoms with E-state index in [0.29, 0.717) is 31.7 Å². The van der Waals surface area contributed by atoms with Gasteiger partial charge in [0.1, 0.15) is 12.6 Å². The minimum absolute atomic E-state index is 0.224. The molecular formula is C20H28N2O5. The maximum atomic E-state index is 11.9. The molecule has 148 valence electrons. The normalized spacial score (nSPS) is 14.2. The maximum Gasteiger partial charge on any atom is 0.407 e. The number of ether oxygens (including phenoxy) is 1. The first-order valence-corrected chi connectivity index (χ1v) is 9.51. The second kappa shape index (κ2) is 11.2. The van der Waals surface area contributed by atoms with E-state index in [9.17, 15) is 14.4 Å². The largest absolute Gasteiger partial charge is 0.480 e. The van der Waals surface area contributed by atoms with Crippen molar-refractivity contribution in [3.05, 3.63) is 35.9 Å². The Morgan fingerprint density at radius 3 is 2.52 bits per heavy atom. The second-order valence-corrected chi connectivity index (χ2v) is 6.94. The van der Waals surface area contributed by atoms with Crippen LogP contribution in [0, 0.1) is 5.92 Å². The fourth-order valence-corrected chi connectivity index (χ4v) is 2.73. The zero-order valence-electron chi connectivity index (χ0n) is 15.5. The number of hydrogen-bond acceptors (Lipinski definition) is 4. The number of carbonyl (C=O) groups is 3. The number of aliphatic carboxylic acids is 1. The molecule has 0 aromatic heterocycles. The number of unbranched alkanes of at least 4 members (excludes halogenated alkanes) is 2. The minimum atomic E-state index is -0.964. The van der Waals surface area contributed by atoms with E-state index in [1.165, 1.54) is 0 Å². The summed E-state index contributed by atoms with van der Waals surface area (Å²) in [5.41, 5.74) is 0.931. The summed E-state index contributed by atoms with van der Waals surface area (Å²) in [5.74, 6) is -0.745. The first kappa shape index (κ1) is 20.7. The zero-order chi connectivity index (χ0) is 19.5. The monoisotopic (exact) mass is 376 g/mol. The molecule has 1 aliphatic rings. The van der Waals surface area contributed by atoms with Crippen LogP contribution in [0.1, 0.15) is 50.5 Å². The molecule has 1 aromatic carbocycles. The van der Waals surface area contributed by atoms with Gasteiger partial charge in [0.05, 0.1) is 0 Å². The first-order chi connectivity index (χ1) is 13.0. The Morgan fingerprint density at radius 1 is 1.11 bits per heavy atom. The van der Waals surface area contributed by atoms with Gasteiger partial charge in [0.25, 0.3) is 0 Å². The maximum absolute atomic E-state index is 11.9. The number of benzene rings is 1. The van der Waals surface area contributed by atoms with Crippen molar-refractivity contribution in [1.29, 1.82) is 0 Å². The van der Waals surface area contributed by atoms with E-state index >= 15 is 0 Å². The van der Waals surface area contributed by atoms with Gasteiger partial charge in [0.15, 0.2) is 0 Å². The Kier molecular flexibility index (Phi) is 8.61. The van der Waals surface area contributed by atoms with Gasteiger partial charge in [-0.2, -0.15) is 0 Å². The summed E-state index contributed by atoms with van der Waals surface area (Å²) >= 11 is 0. The molecule has 1 aromatic rings. The van der Waals surface area contributed by atoms with Gasteiger partial charge < -0.3 is 20.5 Å². The Morgan fingerprint density at radius 2 is 1.85 bits per heavy atom. The molecular weight excluding hydrogens is 348 g/mol. The van der Waals surface area contributed by atoms with Crippen LogP contribution in [0.3, 0.4) is 0 Å². The van der Waals surface area contributed by atoms with Crippen molar-refractivity contribution >= 4 is 18.0 Å². The molecule has 1 aliphatic carbocycles. The molecule has 27 heavy (non-hydrogen) atoms. The third-order valence-corrected chi connectivity index (χ3v) is 4.46. The topological polar surface area (TPSA) is 105 Å². The summed E-state index contributed by atoms with van der Waals surface area (Å²) < 4.78 is 5.11. The van der Waals surface area contributed by atoms with Crippen molar-refractivity contribution in [3.63, 3.8) is 0 Å². The lowest BCUT2D eigenvalue weighted by atomic mass is 10.1. The van der Waals surface area contributed by atoms with Gasteiger partial charge in [-0.1, -0.05) is 49.6 Å². The Hall–Kier alpha value is -2.57. The molecule has 0 bridgehead atoms. The molecule has 0 unspecified atom stereocenters. The fraction of sp³-hybridized carbons (Fsp3) is 0.550. The highest BCUT2D eigenvalue weighted by Gasteiger charge is 2.29. The predicted molar refractivity (Wildman–Crippen MR) is 100 cm³/mol. The molecule has 7 heteroatoms. The Labute approximate surface area is 159 Å². The summed E-state index contributed by atoms with van der Waals surface area (Å²) in [6, 6.07) is 8.68. The third-order valence-electron chi connectivity index (χ3n) is 4.46. The van der Waals surface area contributed by atoms with Crippen LogP contribution in [0.4, 0.5) is 4.79 Å². The van der Waals surface area contributed by atoms with Gasteiger partial charge in [-0.15, -0.1) is 0 Å². The van der Waals surface area contributed by atoms with Crippen molar-refractivity contribution < 1.29 is 24.2 Å². The van der Waals surface area contributed by atoms with Crippen molar-refractivity contribution in [2.45, 2.75) is 57.6 Å². The van der Waals surface area contributed by atoms with Crippen molar-refractivity contribution in [1.82, 2.24) is 10.6 Å². The molecule has 1 atom stereocenters. The van der Waals surface area contributed by atoms with Crippen LogP contribution in [0.25, 0.3) is 0 Å². The predicted octanol–water partition coefficient (Wildman–Crippen LogP) is 2.84. The van der Waals surface area contributed by atoms with E-state index in [1.54, 1.807) is 0 Å². The Bertz CT molecular complexity index is 616. The van der Waals surface area contributed by atoms with Crippen LogP contribution in [0.2, 0.25) is 0 Å². The van der Waals surface area contributed by atoms with Crippen molar-refractivity contribution in [2.24, 2.45) is 5.92 Å². The van der Waals surface area contributed by atoms with Crippen LogP contribution in [-0.4, -0.2) is 35.7 Å². The van der Waals surface area contributed by atoms with Gasteiger partial charge in [0.2, 0.25) is 5.91 Å². The van der Waals surface area contributed by atoms with Gasteiger partial charge in [-0.05, 0) is 30.7 Å². The number of carboxylic acids is 1. The molecule has 2 amide bonds. The molecule has 0 aliphatic heterocycles. The third kappa shape index (κ3) is 9.08. The zero-order valence-corrected chi connectivity index (χ0v) is 15.5. The molecule has 1 saturated carbocycles. The first-order valence-electron chi connectivity index (χ1n) is 9.51. The standard InChI is InChI=1S/C20H28N2O5/c23-18(22-17(19(24)25)13-15-10-11-15)9-5-2-6-12-21-20(26)27-14-16-7-3-1-4-8-16/h1,3-4,7-8,15,17H,2,5-6,9-14H2,(H,21,26)(H,22,23)(H,24,25)/t17-/m1/s1. The number of hydrogen-bond donors (Lipinski definition) is 3. The summed E-state index contributed by atoms with van der Waals surface area (Å²) in [6.07, 6.45) is 4.64. The average Bonchev–Trinajstić information content (AvgIpc) is 3.47. The number of carbonyl (C=O) groups excluding carboxylic acids is 2. The molecule has 0 saturated heterocycles. The summed E-state index contributed by atoms with van der Waals surface area (Å²) in [5, 5.41) is 14.4. The van der Waals surface area contributed by atoms with Gasteiger partial charge in [-0.3, -0.25) is 4.79 Å². The highest BCUT2D eigenvalue weighted by molar-refractivity contribution is 5.83. The lowest BCUT2D eigenvalue weighted by molar-refractivity contribution is -0.142. The van der Waals surface area contributed by atoms with Crippen LogP contribution in [0.5, 0.6) is 0 Å². The van der Waals surface area contributed by atoms with Crippen molar-refractivity contribution in [3.8, 4) is 0 Å². The molecule has 1 fully saturated rings. The SMILES string of the molecule is O=C(CCCCCNC(=O)OCc1ccccc1)N[C@H](CC1CC1)C(=O)O. The number of carboxylic acid groups (broad SMARTS) is 1. The van der Waals surface area contributed by atoms with Crippen LogP contribution < -0.4 is 10.6 Å². The molecule has 0 radical (unpaired) electrons. The van der Waals surface area contributed by atoms with Crippen LogP contribution in [0.15, 0.2) is 30.3 Å². The van der Waals surface area contributed by atoms with Gasteiger partial charge >= 0.3 is 12.1 Å². The van der Waals surface area contributed by atoms with Gasteiger partial charge in [-0.25, -0.2) is 9.59 Å². The van der Waals surface area contributed by atoms with E-state index in [4.69, 9.17) is 9.84 Å². The van der Waals surface area contributed by atoms with E-state index in [1.807, 2.05) is 30.3 Å². The number of amides is 2. The van der Waals surface area contributed by atoms with E-state index in [-0.39, 0.29) is 12.5 Å². The summed E-state index contributed by atoms with van der Waals surface area (Å²) in [6.45, 7) is 0.715. The minimum Gasteiger partial charge on any atom is -0.480 e. The summed E-state index contributed by atoms with van der Waals surface area (Å²) in [7, 11) is 0. The van der Waals surface area contributed by atoms with E-state index in [0.717, 1.165) is 31.2 Å². The van der Waals surface area contributed by atoms with Crippen LogP contribution in [-0.2, 0) is 20.9 Å². The summed E-state index contributed by atoms with van der Waals surface area (Å²) in [4.78, 5) is 34.6. The Balaban J connectivity index is 1.48. The molecule has 2 rings (SSSR count). The molecule has 0 spiro atoms. The quantitative estimate of drug-likeness (QED) is 0.487. The number of nitrogens with one attached hydrogen (secondary N) is 2. The molecule has 3 N–H and O–H groups in total. The molecule has 0 heterocycles. The molecule has 7 nitrogen and oxygen atoms in total. The fourth-order valence-electron chi connectivity index (χ4n) is 2.73. The van der Waals surface area contributed by atoms with Crippen molar-refractivity contribution in [2.75, 3.05) is 6.54 Å². The lowest BCUT2D eigenvalue weighted by Crippen LogP contribution is -2.41. The number of rotatable bonds is 12. The lowest BCUT2D eigenvalue weighted by Gasteiger charge is -2.14. The number of alkyl carbamates (subject to hydrolysis) is 1. The second-order valence-electron chi connectivity index (χ2n) is 6.94. The smallest absolute Gasteiger partial charge is 0.407 e. The van der Waals surface area contributed by atoms with E-state index < -0.39 is 18.1 Å².